The predicted octanol–water partition coefficient (Wildman–Crippen LogP) is 3.54. The molecule has 1 aliphatic heterocycles. The molecule has 1 saturated carbocycles. The normalized spacial score (nSPS) is 21.9. The number of hydrogen-bond donors (Lipinski definition) is 0. The molecule has 6 nitrogen and oxygen atoms in total. The van der Waals surface area contributed by atoms with Gasteiger partial charge in [0.25, 0.3) is 0 Å². The molecule has 1 heterocycles. The van der Waals surface area contributed by atoms with Gasteiger partial charge in [0.2, 0.25) is 17.7 Å². The van der Waals surface area contributed by atoms with Gasteiger partial charge < -0.3 is 9.64 Å². The summed E-state index contributed by atoms with van der Waals surface area (Å²) in [5.74, 6) is -0.607. The molecular formula is C22H28F2N2O4S. The van der Waals surface area contributed by atoms with E-state index in [1.807, 2.05) is 6.26 Å². The van der Waals surface area contributed by atoms with Crippen LogP contribution in [0.15, 0.2) is 24.3 Å². The minimum atomic E-state index is -2.90. The lowest BCUT2D eigenvalue weighted by molar-refractivity contribution is -0.151. The molecular weight excluding hydrogens is 426 g/mol. The highest BCUT2D eigenvalue weighted by atomic mass is 32.2. The molecule has 1 aliphatic carbocycles. The highest BCUT2D eigenvalue weighted by Gasteiger charge is 2.51. The van der Waals surface area contributed by atoms with Gasteiger partial charge in [-0.15, -0.1) is 0 Å². The fourth-order valence-corrected chi connectivity index (χ4v) is 4.93. The maximum Gasteiger partial charge on any atom is 0.387 e. The number of benzene rings is 1. The van der Waals surface area contributed by atoms with Crippen LogP contribution in [0.2, 0.25) is 0 Å². The Labute approximate surface area is 185 Å². The van der Waals surface area contributed by atoms with Gasteiger partial charge in [-0.05, 0) is 49.0 Å². The van der Waals surface area contributed by atoms with Crippen LogP contribution in [0.5, 0.6) is 5.75 Å². The molecule has 0 N–H and O–H groups in total. The first-order valence-electron chi connectivity index (χ1n) is 10.5. The second-order valence-corrected chi connectivity index (χ2v) is 9.04. The molecule has 0 aromatic heterocycles. The number of halogens is 2. The Hall–Kier alpha value is -2.16. The highest BCUT2D eigenvalue weighted by Crippen LogP contribution is 2.39. The first kappa shape index (κ1) is 23.5. The summed E-state index contributed by atoms with van der Waals surface area (Å²) in [5, 5.41) is 0. The van der Waals surface area contributed by atoms with Crippen molar-refractivity contribution in [2.75, 3.05) is 19.1 Å². The van der Waals surface area contributed by atoms with Gasteiger partial charge in [-0.2, -0.15) is 20.5 Å². The summed E-state index contributed by atoms with van der Waals surface area (Å²) in [7, 11) is 1.62. The topological polar surface area (TPSA) is 66.9 Å². The first-order valence-corrected chi connectivity index (χ1v) is 11.9. The van der Waals surface area contributed by atoms with Crippen molar-refractivity contribution < 1.29 is 27.9 Å². The van der Waals surface area contributed by atoms with E-state index in [9.17, 15) is 23.2 Å². The quantitative estimate of drug-likeness (QED) is 0.534. The molecule has 2 aliphatic rings. The molecule has 31 heavy (non-hydrogen) atoms. The summed E-state index contributed by atoms with van der Waals surface area (Å²) in [5.41, 5.74) is 0.730. The van der Waals surface area contributed by atoms with Crippen LogP contribution >= 0.6 is 11.8 Å². The molecule has 3 amide bonds. The molecule has 3 rings (SSSR count). The smallest absolute Gasteiger partial charge is 0.387 e. The minimum Gasteiger partial charge on any atom is -0.435 e. The minimum absolute atomic E-state index is 0.0430. The number of imide groups is 1. The monoisotopic (exact) mass is 454 g/mol. The second kappa shape index (κ2) is 10.4. The van der Waals surface area contributed by atoms with E-state index in [0.29, 0.717) is 25.0 Å². The third-order valence-corrected chi connectivity index (χ3v) is 6.66. The Morgan fingerprint density at radius 1 is 1.16 bits per heavy atom. The zero-order valence-corrected chi connectivity index (χ0v) is 18.6. The number of rotatable bonds is 9. The van der Waals surface area contributed by atoms with Crippen molar-refractivity contribution in [3.63, 3.8) is 0 Å². The van der Waals surface area contributed by atoms with Crippen LogP contribution in [0.1, 0.15) is 37.7 Å². The van der Waals surface area contributed by atoms with Crippen molar-refractivity contribution in [3.05, 3.63) is 29.8 Å². The van der Waals surface area contributed by atoms with E-state index in [1.54, 1.807) is 30.9 Å². The van der Waals surface area contributed by atoms with E-state index >= 15 is 0 Å². The van der Waals surface area contributed by atoms with Crippen molar-refractivity contribution in [2.24, 2.45) is 11.8 Å². The number of hydrogen-bond acceptors (Lipinski definition) is 5. The lowest BCUT2D eigenvalue weighted by atomic mass is 9.81. The number of amides is 3. The Balaban J connectivity index is 1.73. The number of alkyl halides is 2. The third kappa shape index (κ3) is 5.37. The van der Waals surface area contributed by atoms with Crippen LogP contribution in [0.25, 0.3) is 0 Å². The lowest BCUT2D eigenvalue weighted by Gasteiger charge is -2.30. The Morgan fingerprint density at radius 2 is 1.74 bits per heavy atom. The van der Waals surface area contributed by atoms with E-state index in [0.717, 1.165) is 18.4 Å². The molecule has 3 atom stereocenters. The van der Waals surface area contributed by atoms with E-state index in [1.165, 1.54) is 21.9 Å². The maximum atomic E-state index is 13.3. The fraction of sp³-hybridized carbons (Fsp3) is 0.591. The summed E-state index contributed by atoms with van der Waals surface area (Å²) < 4.78 is 29.0. The zero-order valence-electron chi connectivity index (χ0n) is 17.8. The van der Waals surface area contributed by atoms with Crippen molar-refractivity contribution in [2.45, 2.75) is 51.3 Å². The van der Waals surface area contributed by atoms with Gasteiger partial charge in [0.15, 0.2) is 0 Å². The number of thioether (sulfide) groups is 1. The fourth-order valence-electron chi connectivity index (χ4n) is 4.47. The van der Waals surface area contributed by atoms with Crippen LogP contribution in [0, 0.1) is 11.8 Å². The number of carbonyl (C=O) groups is 3. The molecule has 1 aromatic carbocycles. The summed E-state index contributed by atoms with van der Waals surface area (Å²) >= 11 is 1.56. The van der Waals surface area contributed by atoms with Crippen molar-refractivity contribution in [1.82, 2.24) is 9.80 Å². The number of nitrogens with zero attached hydrogens (tertiary/aromatic N) is 2. The number of ether oxygens (including phenoxy) is 1. The van der Waals surface area contributed by atoms with Crippen molar-refractivity contribution >= 4 is 29.5 Å². The predicted molar refractivity (Wildman–Crippen MR) is 114 cm³/mol. The van der Waals surface area contributed by atoms with Gasteiger partial charge in [-0.25, -0.2) is 0 Å². The third-order valence-electron chi connectivity index (χ3n) is 6.01. The number of likely N-dealkylation sites (tertiary alicyclic amines) is 1. The molecule has 2 fully saturated rings. The van der Waals surface area contributed by atoms with Gasteiger partial charge in [-0.3, -0.25) is 19.3 Å². The SMILES string of the molecule is CSCCC(C(=O)N(C)Cc1ccc(OC(F)F)cc1)N1C(=O)C2CCCCC2C1=O. The van der Waals surface area contributed by atoms with Gasteiger partial charge in [0.05, 0.1) is 11.8 Å². The molecule has 1 saturated heterocycles. The Kier molecular flexibility index (Phi) is 7.91. The van der Waals surface area contributed by atoms with Crippen LogP contribution in [0.4, 0.5) is 8.78 Å². The van der Waals surface area contributed by atoms with Gasteiger partial charge in [0.1, 0.15) is 11.8 Å². The zero-order chi connectivity index (χ0) is 22.5. The number of fused-ring (bicyclic) bond motifs is 1. The van der Waals surface area contributed by atoms with Gasteiger partial charge in [-0.1, -0.05) is 25.0 Å². The molecule has 170 valence electrons. The molecule has 3 unspecified atom stereocenters. The van der Waals surface area contributed by atoms with Crippen molar-refractivity contribution in [3.8, 4) is 5.75 Å². The van der Waals surface area contributed by atoms with Crippen LogP contribution < -0.4 is 4.74 Å². The summed E-state index contributed by atoms with van der Waals surface area (Å²) in [6.07, 6.45) is 5.60. The number of likely N-dealkylation sites (N-methyl/N-ethyl adjacent to an activating group) is 1. The molecule has 0 bridgehead atoms. The lowest BCUT2D eigenvalue weighted by Crippen LogP contribution is -2.50. The summed E-state index contributed by atoms with van der Waals surface area (Å²) in [4.78, 5) is 42.0. The summed E-state index contributed by atoms with van der Waals surface area (Å²) in [6.45, 7) is -2.67. The first-order chi connectivity index (χ1) is 14.8. The standard InChI is InChI=1S/C22H28F2N2O4S/c1-25(13-14-7-9-15(10-8-14)30-22(23)24)21(29)18(11-12-31-2)26-19(27)16-5-3-4-6-17(16)20(26)28/h7-10,16-18,22H,3-6,11-13H2,1-2H3. The van der Waals surface area contributed by atoms with Gasteiger partial charge >= 0.3 is 6.61 Å². The van der Waals surface area contributed by atoms with E-state index < -0.39 is 12.7 Å². The molecule has 9 heteroatoms. The van der Waals surface area contributed by atoms with E-state index in [4.69, 9.17) is 0 Å². The molecule has 0 radical (unpaired) electrons. The average Bonchev–Trinajstić information content (AvgIpc) is 3.00. The summed E-state index contributed by atoms with van der Waals surface area (Å²) in [6, 6.07) is 5.24. The van der Waals surface area contributed by atoms with Crippen LogP contribution in [-0.4, -0.2) is 59.2 Å². The van der Waals surface area contributed by atoms with Crippen molar-refractivity contribution in [1.29, 1.82) is 0 Å². The molecule has 1 aromatic rings. The number of carbonyl (C=O) groups excluding carboxylic acids is 3. The largest absolute Gasteiger partial charge is 0.435 e. The second-order valence-electron chi connectivity index (χ2n) is 8.06. The van der Waals surface area contributed by atoms with Crippen LogP contribution in [0.3, 0.4) is 0 Å². The van der Waals surface area contributed by atoms with E-state index in [2.05, 4.69) is 4.74 Å². The molecule has 0 spiro atoms. The maximum absolute atomic E-state index is 13.3. The Morgan fingerprint density at radius 3 is 2.26 bits per heavy atom. The Bertz CT molecular complexity index is 781. The highest BCUT2D eigenvalue weighted by molar-refractivity contribution is 7.98. The van der Waals surface area contributed by atoms with Gasteiger partial charge in [0, 0.05) is 13.6 Å². The van der Waals surface area contributed by atoms with Crippen LogP contribution in [-0.2, 0) is 20.9 Å². The van der Waals surface area contributed by atoms with E-state index in [-0.39, 0.29) is 41.9 Å². The average molecular weight is 455 g/mol.